The van der Waals surface area contributed by atoms with Gasteiger partial charge in [-0.1, -0.05) is 0 Å². The van der Waals surface area contributed by atoms with E-state index in [4.69, 9.17) is 4.74 Å². The number of piperidine rings is 1. The molecule has 6 heteroatoms. The summed E-state index contributed by atoms with van der Waals surface area (Å²) in [6.07, 6.45) is 5.21. The van der Waals surface area contributed by atoms with Crippen molar-refractivity contribution in [3.8, 4) is 0 Å². The van der Waals surface area contributed by atoms with Gasteiger partial charge in [0.15, 0.2) is 0 Å². The highest BCUT2D eigenvalue weighted by Gasteiger charge is 2.35. The van der Waals surface area contributed by atoms with Gasteiger partial charge in [-0.15, -0.1) is 0 Å². The molecule has 3 aliphatic rings. The van der Waals surface area contributed by atoms with Crippen molar-refractivity contribution in [2.24, 2.45) is 5.92 Å². The van der Waals surface area contributed by atoms with Crippen molar-refractivity contribution in [2.75, 3.05) is 33.3 Å². The Labute approximate surface area is 125 Å². The molecule has 0 aromatic heterocycles. The molecule has 3 fully saturated rings. The van der Waals surface area contributed by atoms with Crippen molar-refractivity contribution in [1.29, 1.82) is 0 Å². The number of amides is 2. The number of nitrogens with zero attached hydrogens (tertiary/aromatic N) is 2. The van der Waals surface area contributed by atoms with Gasteiger partial charge in [-0.2, -0.15) is 0 Å². The van der Waals surface area contributed by atoms with E-state index in [0.717, 1.165) is 12.8 Å². The molecular weight excluding hydrogens is 270 g/mol. The monoisotopic (exact) mass is 295 g/mol. The molecule has 0 aromatic carbocycles. The average molecular weight is 295 g/mol. The molecule has 2 bridgehead atoms. The predicted molar refractivity (Wildman–Crippen MR) is 77.8 cm³/mol. The standard InChI is InChI=1S/C15H25N3O3/c1-21-15(20)18-6-4-17(5-7-18)14(19)10-11-8-12-2-3-13(9-11)16-12/h11-13,16H,2-10H2,1H3. The Balaban J connectivity index is 1.45. The van der Waals surface area contributed by atoms with E-state index in [-0.39, 0.29) is 12.0 Å². The maximum absolute atomic E-state index is 12.4. The van der Waals surface area contributed by atoms with Crippen molar-refractivity contribution in [3.63, 3.8) is 0 Å². The van der Waals surface area contributed by atoms with Crippen LogP contribution in [0.15, 0.2) is 0 Å². The van der Waals surface area contributed by atoms with Crippen LogP contribution in [0.2, 0.25) is 0 Å². The second-order valence-electron chi connectivity index (χ2n) is 6.52. The fraction of sp³-hybridized carbons (Fsp3) is 0.867. The number of rotatable bonds is 2. The van der Waals surface area contributed by atoms with E-state index >= 15 is 0 Å². The first kappa shape index (κ1) is 14.6. The van der Waals surface area contributed by atoms with Crippen LogP contribution >= 0.6 is 0 Å². The fourth-order valence-electron chi connectivity index (χ4n) is 3.99. The van der Waals surface area contributed by atoms with Gasteiger partial charge in [0.2, 0.25) is 5.91 Å². The van der Waals surface area contributed by atoms with E-state index < -0.39 is 0 Å². The number of hydrogen-bond acceptors (Lipinski definition) is 4. The molecule has 0 aliphatic carbocycles. The predicted octanol–water partition coefficient (Wildman–Crippen LogP) is 0.818. The molecular formula is C15H25N3O3. The first-order valence-corrected chi connectivity index (χ1v) is 8.02. The minimum atomic E-state index is -0.294. The highest BCUT2D eigenvalue weighted by molar-refractivity contribution is 5.77. The Morgan fingerprint density at radius 3 is 2.19 bits per heavy atom. The summed E-state index contributed by atoms with van der Waals surface area (Å²) in [5.74, 6) is 0.792. The van der Waals surface area contributed by atoms with Gasteiger partial charge in [0.1, 0.15) is 0 Å². The first-order chi connectivity index (χ1) is 10.2. The highest BCUT2D eigenvalue weighted by Crippen LogP contribution is 2.33. The van der Waals surface area contributed by atoms with E-state index in [0.29, 0.717) is 50.6 Å². The van der Waals surface area contributed by atoms with Gasteiger partial charge in [0.05, 0.1) is 7.11 Å². The van der Waals surface area contributed by atoms with Crippen LogP contribution in [-0.4, -0.2) is 67.2 Å². The quantitative estimate of drug-likeness (QED) is 0.819. The summed E-state index contributed by atoms with van der Waals surface area (Å²) in [4.78, 5) is 27.4. The molecule has 3 rings (SSSR count). The SMILES string of the molecule is COC(=O)N1CCN(C(=O)CC2CC3CCC(C2)N3)CC1. The van der Waals surface area contributed by atoms with Crippen LogP contribution in [0.3, 0.4) is 0 Å². The van der Waals surface area contributed by atoms with Crippen LogP contribution in [0, 0.1) is 5.92 Å². The molecule has 2 amide bonds. The zero-order valence-corrected chi connectivity index (χ0v) is 12.7. The fourth-order valence-corrected chi connectivity index (χ4v) is 3.99. The topological polar surface area (TPSA) is 61.9 Å². The summed E-state index contributed by atoms with van der Waals surface area (Å²) < 4.78 is 4.71. The molecule has 1 N–H and O–H groups in total. The molecule has 3 aliphatic heterocycles. The Kier molecular flexibility index (Phi) is 4.33. The molecule has 21 heavy (non-hydrogen) atoms. The summed E-state index contributed by atoms with van der Waals surface area (Å²) in [6, 6.07) is 1.27. The molecule has 0 radical (unpaired) electrons. The van der Waals surface area contributed by atoms with Crippen molar-refractivity contribution in [3.05, 3.63) is 0 Å². The number of ether oxygens (including phenoxy) is 1. The Morgan fingerprint density at radius 1 is 1.05 bits per heavy atom. The molecule has 2 atom stereocenters. The van der Waals surface area contributed by atoms with Crippen LogP contribution in [0.5, 0.6) is 0 Å². The second kappa shape index (κ2) is 6.22. The molecule has 2 unspecified atom stereocenters. The minimum Gasteiger partial charge on any atom is -0.453 e. The Hall–Kier alpha value is -1.30. The summed E-state index contributed by atoms with van der Waals surface area (Å²) in [5.41, 5.74) is 0. The van der Waals surface area contributed by atoms with Crippen molar-refractivity contribution >= 4 is 12.0 Å². The van der Waals surface area contributed by atoms with Gasteiger partial charge in [-0.3, -0.25) is 4.79 Å². The van der Waals surface area contributed by atoms with Crippen molar-refractivity contribution < 1.29 is 14.3 Å². The zero-order valence-electron chi connectivity index (χ0n) is 12.7. The second-order valence-corrected chi connectivity index (χ2v) is 6.52. The minimum absolute atomic E-state index is 0.255. The lowest BCUT2D eigenvalue weighted by Gasteiger charge is -2.35. The number of methoxy groups -OCH3 is 1. The number of piperazine rings is 1. The molecule has 0 aromatic rings. The lowest BCUT2D eigenvalue weighted by Crippen LogP contribution is -2.51. The van der Waals surface area contributed by atoms with E-state index in [9.17, 15) is 9.59 Å². The van der Waals surface area contributed by atoms with Crippen LogP contribution in [0.4, 0.5) is 4.79 Å². The maximum Gasteiger partial charge on any atom is 0.409 e. The third kappa shape index (κ3) is 3.31. The average Bonchev–Trinajstić information content (AvgIpc) is 2.85. The zero-order chi connectivity index (χ0) is 14.8. The summed E-state index contributed by atoms with van der Waals surface area (Å²) in [5, 5.41) is 3.61. The van der Waals surface area contributed by atoms with Crippen LogP contribution < -0.4 is 5.32 Å². The largest absolute Gasteiger partial charge is 0.453 e. The van der Waals surface area contributed by atoms with E-state index in [1.807, 2.05) is 4.90 Å². The van der Waals surface area contributed by atoms with Crippen molar-refractivity contribution in [1.82, 2.24) is 15.1 Å². The van der Waals surface area contributed by atoms with E-state index in [1.165, 1.54) is 20.0 Å². The molecule has 0 spiro atoms. The first-order valence-electron chi connectivity index (χ1n) is 8.02. The van der Waals surface area contributed by atoms with Crippen LogP contribution in [-0.2, 0) is 9.53 Å². The number of carbonyl (C=O) groups is 2. The van der Waals surface area contributed by atoms with Gasteiger partial charge in [-0.25, -0.2) is 4.79 Å². The molecule has 3 heterocycles. The normalized spacial score (nSPS) is 32.1. The summed E-state index contributed by atoms with van der Waals surface area (Å²) in [7, 11) is 1.39. The third-order valence-electron chi connectivity index (χ3n) is 5.10. The lowest BCUT2D eigenvalue weighted by molar-refractivity contribution is -0.134. The van der Waals surface area contributed by atoms with Gasteiger partial charge < -0.3 is 19.9 Å². The molecule has 0 saturated carbocycles. The molecule has 118 valence electrons. The Bertz CT molecular complexity index is 395. The van der Waals surface area contributed by atoms with E-state index in [1.54, 1.807) is 4.90 Å². The third-order valence-corrected chi connectivity index (χ3v) is 5.10. The van der Waals surface area contributed by atoms with Gasteiger partial charge in [0, 0.05) is 44.7 Å². The van der Waals surface area contributed by atoms with Gasteiger partial charge in [-0.05, 0) is 31.6 Å². The number of hydrogen-bond donors (Lipinski definition) is 1. The summed E-state index contributed by atoms with van der Waals surface area (Å²) in [6.45, 7) is 2.42. The van der Waals surface area contributed by atoms with Gasteiger partial charge >= 0.3 is 6.09 Å². The Morgan fingerprint density at radius 2 is 1.62 bits per heavy atom. The maximum atomic E-state index is 12.4. The molecule has 6 nitrogen and oxygen atoms in total. The van der Waals surface area contributed by atoms with E-state index in [2.05, 4.69) is 5.32 Å². The lowest BCUT2D eigenvalue weighted by atomic mass is 9.89. The molecule has 3 saturated heterocycles. The highest BCUT2D eigenvalue weighted by atomic mass is 16.5. The number of nitrogens with one attached hydrogen (secondary N) is 1. The van der Waals surface area contributed by atoms with Gasteiger partial charge in [0.25, 0.3) is 0 Å². The summed E-state index contributed by atoms with van der Waals surface area (Å²) >= 11 is 0. The van der Waals surface area contributed by atoms with Crippen LogP contribution in [0.1, 0.15) is 32.1 Å². The number of fused-ring (bicyclic) bond motifs is 2. The number of carbonyl (C=O) groups excluding carboxylic acids is 2. The smallest absolute Gasteiger partial charge is 0.409 e. The van der Waals surface area contributed by atoms with Crippen LogP contribution in [0.25, 0.3) is 0 Å². The van der Waals surface area contributed by atoms with Crippen molar-refractivity contribution in [2.45, 2.75) is 44.2 Å².